The molecule has 0 aliphatic carbocycles. The summed E-state index contributed by atoms with van der Waals surface area (Å²) in [6.07, 6.45) is -2.91. The van der Waals surface area contributed by atoms with Crippen LogP contribution in [0.5, 0.6) is 0 Å². The van der Waals surface area contributed by atoms with E-state index in [2.05, 4.69) is 10.2 Å². The number of nitrogens with one attached hydrogen (secondary N) is 1. The second-order valence-corrected chi connectivity index (χ2v) is 4.55. The molecule has 1 aliphatic heterocycles. The second kappa shape index (κ2) is 3.84. The molecule has 6 heteroatoms. The molecule has 0 bridgehead atoms. The lowest BCUT2D eigenvalue weighted by Gasteiger charge is -2.14. The first kappa shape index (κ1) is 10.8. The quantitative estimate of drug-likeness (QED) is 0.852. The number of alkyl halides is 2. The zero-order valence-corrected chi connectivity index (χ0v) is 9.59. The Morgan fingerprint density at radius 2 is 2.00 bits per heavy atom. The standard InChI is InChI=1S/C11H10ClF2N3/c12-6-2-1-3-9-10(6)11(16-15-9)17-4-7(13)8(14)5-17/h1-3,7-8H,4-5H2,(H,15,16). The van der Waals surface area contributed by atoms with E-state index in [0.29, 0.717) is 10.8 Å². The highest BCUT2D eigenvalue weighted by Crippen LogP contribution is 2.33. The van der Waals surface area contributed by atoms with Crippen LogP contribution < -0.4 is 4.90 Å². The van der Waals surface area contributed by atoms with Crippen molar-refractivity contribution < 1.29 is 8.78 Å². The van der Waals surface area contributed by atoms with E-state index in [-0.39, 0.29) is 13.1 Å². The first-order valence-electron chi connectivity index (χ1n) is 5.32. The van der Waals surface area contributed by atoms with Crippen LogP contribution in [0.2, 0.25) is 5.02 Å². The van der Waals surface area contributed by atoms with E-state index >= 15 is 0 Å². The SMILES string of the molecule is FC1CN(c2n[nH]c3cccc(Cl)c23)CC1F. The molecule has 90 valence electrons. The molecule has 3 nitrogen and oxygen atoms in total. The van der Waals surface area contributed by atoms with E-state index in [1.807, 2.05) is 6.07 Å². The largest absolute Gasteiger partial charge is 0.349 e. The van der Waals surface area contributed by atoms with Crippen molar-refractivity contribution in [2.75, 3.05) is 18.0 Å². The Hall–Kier alpha value is -1.36. The lowest BCUT2D eigenvalue weighted by Crippen LogP contribution is -2.20. The molecule has 2 unspecified atom stereocenters. The van der Waals surface area contributed by atoms with Crippen LogP contribution in [0.3, 0.4) is 0 Å². The number of benzene rings is 1. The van der Waals surface area contributed by atoms with Crippen LogP contribution in [-0.4, -0.2) is 35.6 Å². The number of hydrogen-bond donors (Lipinski definition) is 1. The molecule has 0 radical (unpaired) electrons. The Balaban J connectivity index is 2.07. The van der Waals surface area contributed by atoms with E-state index in [1.165, 1.54) is 0 Å². The predicted octanol–water partition coefficient (Wildman–Crippen LogP) is 2.71. The summed E-state index contributed by atoms with van der Waals surface area (Å²) in [4.78, 5) is 1.58. The molecule has 1 aliphatic rings. The summed E-state index contributed by atoms with van der Waals surface area (Å²) in [5.41, 5.74) is 0.769. The third-order valence-corrected chi connectivity index (χ3v) is 3.32. The third kappa shape index (κ3) is 1.65. The van der Waals surface area contributed by atoms with Gasteiger partial charge in [-0.2, -0.15) is 5.10 Å². The average molecular weight is 258 g/mol. The van der Waals surface area contributed by atoms with Gasteiger partial charge >= 0.3 is 0 Å². The Morgan fingerprint density at radius 1 is 1.29 bits per heavy atom. The molecule has 2 aromatic rings. The van der Waals surface area contributed by atoms with E-state index < -0.39 is 12.3 Å². The lowest BCUT2D eigenvalue weighted by molar-refractivity contribution is 0.217. The summed E-state index contributed by atoms with van der Waals surface area (Å²) in [6, 6.07) is 5.36. The molecule has 1 aromatic heterocycles. The number of hydrogen-bond acceptors (Lipinski definition) is 2. The minimum absolute atomic E-state index is 0.0202. The fraction of sp³-hybridized carbons (Fsp3) is 0.364. The third-order valence-electron chi connectivity index (χ3n) is 3.00. The monoisotopic (exact) mass is 257 g/mol. The summed E-state index contributed by atoms with van der Waals surface area (Å²) in [5, 5.41) is 8.15. The van der Waals surface area contributed by atoms with Crippen molar-refractivity contribution in [2.24, 2.45) is 0 Å². The van der Waals surface area contributed by atoms with Crippen LogP contribution in [0.1, 0.15) is 0 Å². The van der Waals surface area contributed by atoms with E-state index in [0.717, 1.165) is 10.9 Å². The normalized spacial score (nSPS) is 24.8. The maximum Gasteiger partial charge on any atom is 0.160 e. The van der Waals surface area contributed by atoms with Gasteiger partial charge in [0.05, 0.1) is 29.0 Å². The van der Waals surface area contributed by atoms with Gasteiger partial charge in [-0.15, -0.1) is 0 Å². The van der Waals surface area contributed by atoms with E-state index in [4.69, 9.17) is 11.6 Å². The van der Waals surface area contributed by atoms with Crippen molar-refractivity contribution in [2.45, 2.75) is 12.3 Å². The van der Waals surface area contributed by atoms with Gasteiger partial charge < -0.3 is 4.90 Å². The van der Waals surface area contributed by atoms with Gasteiger partial charge in [0, 0.05) is 0 Å². The molecular formula is C11H10ClF2N3. The summed E-state index contributed by atoms with van der Waals surface area (Å²) in [6.45, 7) is 0.0404. The van der Waals surface area contributed by atoms with Gasteiger partial charge in [-0.3, -0.25) is 5.10 Å². The highest BCUT2D eigenvalue weighted by Gasteiger charge is 2.34. The predicted molar refractivity (Wildman–Crippen MR) is 63.1 cm³/mol. The van der Waals surface area contributed by atoms with Crippen molar-refractivity contribution in [1.82, 2.24) is 10.2 Å². The molecule has 1 aromatic carbocycles. The molecule has 0 saturated carbocycles. The van der Waals surface area contributed by atoms with Crippen molar-refractivity contribution in [3.63, 3.8) is 0 Å². The Morgan fingerprint density at radius 3 is 2.71 bits per heavy atom. The zero-order valence-electron chi connectivity index (χ0n) is 8.83. The molecule has 1 saturated heterocycles. The fourth-order valence-electron chi connectivity index (χ4n) is 2.14. The Bertz CT molecular complexity index is 547. The molecule has 1 N–H and O–H groups in total. The highest BCUT2D eigenvalue weighted by molar-refractivity contribution is 6.36. The van der Waals surface area contributed by atoms with Gasteiger partial charge in [-0.25, -0.2) is 8.78 Å². The molecular weight excluding hydrogens is 248 g/mol. The molecule has 2 heterocycles. The maximum atomic E-state index is 13.2. The average Bonchev–Trinajstić information content (AvgIpc) is 2.85. The van der Waals surface area contributed by atoms with Crippen molar-refractivity contribution in [1.29, 1.82) is 0 Å². The maximum absolute atomic E-state index is 13.2. The van der Waals surface area contributed by atoms with E-state index in [9.17, 15) is 8.78 Å². The number of fused-ring (bicyclic) bond motifs is 1. The van der Waals surface area contributed by atoms with Crippen molar-refractivity contribution in [3.8, 4) is 0 Å². The highest BCUT2D eigenvalue weighted by atomic mass is 35.5. The minimum Gasteiger partial charge on any atom is -0.349 e. The molecule has 0 spiro atoms. The second-order valence-electron chi connectivity index (χ2n) is 4.15. The van der Waals surface area contributed by atoms with Gasteiger partial charge in [-0.1, -0.05) is 17.7 Å². The van der Waals surface area contributed by atoms with Gasteiger partial charge in [0.2, 0.25) is 0 Å². The number of aromatic amines is 1. The summed E-state index contributed by atoms with van der Waals surface area (Å²) < 4.78 is 26.3. The number of H-pyrrole nitrogens is 1. The first-order valence-corrected chi connectivity index (χ1v) is 5.70. The van der Waals surface area contributed by atoms with Crippen LogP contribution >= 0.6 is 11.6 Å². The fourth-order valence-corrected chi connectivity index (χ4v) is 2.40. The van der Waals surface area contributed by atoms with Crippen LogP contribution in [0.4, 0.5) is 14.6 Å². The van der Waals surface area contributed by atoms with Gasteiger partial charge in [0.1, 0.15) is 0 Å². The first-order chi connectivity index (χ1) is 8.16. The van der Waals surface area contributed by atoms with Crippen LogP contribution in [0, 0.1) is 0 Å². The number of halogens is 3. The minimum atomic E-state index is -1.45. The topological polar surface area (TPSA) is 31.9 Å². The molecule has 17 heavy (non-hydrogen) atoms. The molecule has 0 amide bonds. The van der Waals surface area contributed by atoms with E-state index in [1.54, 1.807) is 17.0 Å². The van der Waals surface area contributed by atoms with Gasteiger partial charge in [-0.05, 0) is 12.1 Å². The number of rotatable bonds is 1. The van der Waals surface area contributed by atoms with Crippen molar-refractivity contribution in [3.05, 3.63) is 23.2 Å². The molecule has 2 atom stereocenters. The van der Waals surface area contributed by atoms with Gasteiger partial charge in [0.15, 0.2) is 18.2 Å². The van der Waals surface area contributed by atoms with Crippen LogP contribution in [0.25, 0.3) is 10.9 Å². The van der Waals surface area contributed by atoms with Crippen LogP contribution in [-0.2, 0) is 0 Å². The Labute approximate surface area is 101 Å². The Kier molecular flexibility index (Phi) is 2.43. The zero-order chi connectivity index (χ0) is 12.0. The number of anilines is 1. The molecule has 1 fully saturated rings. The summed E-state index contributed by atoms with van der Waals surface area (Å²) >= 11 is 6.08. The van der Waals surface area contributed by atoms with Crippen LogP contribution in [0.15, 0.2) is 18.2 Å². The smallest absolute Gasteiger partial charge is 0.160 e. The summed E-state index contributed by atoms with van der Waals surface area (Å²) in [5.74, 6) is 0.522. The summed E-state index contributed by atoms with van der Waals surface area (Å²) in [7, 11) is 0. The number of aromatic nitrogens is 2. The lowest BCUT2D eigenvalue weighted by atomic mass is 10.2. The van der Waals surface area contributed by atoms with Gasteiger partial charge in [0.25, 0.3) is 0 Å². The molecule has 3 rings (SSSR count). The van der Waals surface area contributed by atoms with Crippen molar-refractivity contribution >= 4 is 28.3 Å². The number of nitrogens with zero attached hydrogens (tertiary/aromatic N) is 2.